The zero-order valence-corrected chi connectivity index (χ0v) is 7.28. The van der Waals surface area contributed by atoms with Gasteiger partial charge in [-0.05, 0) is 18.6 Å². The van der Waals surface area contributed by atoms with Gasteiger partial charge in [0.2, 0.25) is 0 Å². The van der Waals surface area contributed by atoms with Gasteiger partial charge in [-0.25, -0.2) is 13.8 Å². The van der Waals surface area contributed by atoms with Gasteiger partial charge in [0.1, 0.15) is 5.15 Å². The first kappa shape index (κ1) is 9.39. The highest BCUT2D eigenvalue weighted by atomic mass is 35.5. The maximum Gasteiger partial charge on any atom is 0.266 e. The molecule has 0 saturated heterocycles. The van der Waals surface area contributed by atoms with Crippen LogP contribution >= 0.6 is 11.6 Å². The first-order valence-corrected chi connectivity index (χ1v) is 3.96. The van der Waals surface area contributed by atoms with Crippen molar-refractivity contribution >= 4 is 11.6 Å². The number of nitrogens with zero attached hydrogens (tertiary/aromatic N) is 1. The van der Waals surface area contributed by atoms with E-state index in [9.17, 15) is 8.78 Å². The SMILES string of the molecule is CCc1ccc(C(F)F)c(Cl)n1. The molecule has 0 aromatic carbocycles. The molecule has 1 nitrogen and oxygen atoms in total. The zero-order chi connectivity index (χ0) is 9.14. The van der Waals surface area contributed by atoms with Crippen molar-refractivity contribution in [3.8, 4) is 0 Å². The summed E-state index contributed by atoms with van der Waals surface area (Å²) in [6, 6.07) is 2.88. The van der Waals surface area contributed by atoms with Gasteiger partial charge in [-0.3, -0.25) is 0 Å². The third-order valence-corrected chi connectivity index (χ3v) is 1.84. The lowest BCUT2D eigenvalue weighted by Crippen LogP contribution is -1.93. The summed E-state index contributed by atoms with van der Waals surface area (Å²) in [4.78, 5) is 3.80. The summed E-state index contributed by atoms with van der Waals surface area (Å²) in [7, 11) is 0. The van der Waals surface area contributed by atoms with Crippen LogP contribution in [0.2, 0.25) is 5.15 Å². The van der Waals surface area contributed by atoms with Crippen molar-refractivity contribution in [3.63, 3.8) is 0 Å². The first-order chi connectivity index (χ1) is 5.65. The molecule has 0 aliphatic carbocycles. The van der Waals surface area contributed by atoms with E-state index in [4.69, 9.17) is 11.6 Å². The summed E-state index contributed by atoms with van der Waals surface area (Å²) < 4.78 is 24.3. The van der Waals surface area contributed by atoms with Crippen LogP contribution in [0.3, 0.4) is 0 Å². The van der Waals surface area contributed by atoms with E-state index in [0.717, 1.165) is 5.69 Å². The van der Waals surface area contributed by atoms with Gasteiger partial charge >= 0.3 is 0 Å². The molecule has 1 rings (SSSR count). The number of halogens is 3. The van der Waals surface area contributed by atoms with Crippen LogP contribution in [0.1, 0.15) is 24.6 Å². The topological polar surface area (TPSA) is 12.9 Å². The second-order valence-corrected chi connectivity index (χ2v) is 2.69. The van der Waals surface area contributed by atoms with E-state index in [1.807, 2.05) is 6.92 Å². The number of aryl methyl sites for hydroxylation is 1. The minimum atomic E-state index is -2.55. The summed E-state index contributed by atoms with van der Waals surface area (Å²) in [5.41, 5.74) is 0.526. The molecule has 0 spiro atoms. The lowest BCUT2D eigenvalue weighted by atomic mass is 10.2. The highest BCUT2D eigenvalue weighted by Crippen LogP contribution is 2.25. The van der Waals surface area contributed by atoms with Crippen LogP contribution in [0.25, 0.3) is 0 Å². The molecule has 4 heteroatoms. The van der Waals surface area contributed by atoms with Gasteiger partial charge in [-0.15, -0.1) is 0 Å². The summed E-state index contributed by atoms with van der Waals surface area (Å²) >= 11 is 5.51. The molecule has 0 aliphatic rings. The molecule has 0 atom stereocenters. The average Bonchev–Trinajstić information content (AvgIpc) is 2.03. The van der Waals surface area contributed by atoms with Crippen molar-refractivity contribution in [3.05, 3.63) is 28.5 Å². The van der Waals surface area contributed by atoms with E-state index in [1.54, 1.807) is 6.07 Å². The largest absolute Gasteiger partial charge is 0.266 e. The van der Waals surface area contributed by atoms with Crippen molar-refractivity contribution in [2.24, 2.45) is 0 Å². The third kappa shape index (κ3) is 1.91. The molecule has 66 valence electrons. The number of aromatic nitrogens is 1. The molecule has 0 aliphatic heterocycles. The minimum absolute atomic E-state index is 0.0932. The van der Waals surface area contributed by atoms with Gasteiger partial charge in [0, 0.05) is 5.69 Å². The van der Waals surface area contributed by atoms with Crippen molar-refractivity contribution in [2.75, 3.05) is 0 Å². The fraction of sp³-hybridized carbons (Fsp3) is 0.375. The van der Waals surface area contributed by atoms with Crippen LogP contribution in [0.4, 0.5) is 8.78 Å². The molecule has 0 N–H and O–H groups in total. The van der Waals surface area contributed by atoms with Crippen molar-refractivity contribution in [1.29, 1.82) is 0 Å². The quantitative estimate of drug-likeness (QED) is 0.654. The van der Waals surface area contributed by atoms with Crippen LogP contribution in [-0.2, 0) is 6.42 Å². The molecule has 0 unspecified atom stereocenters. The fourth-order valence-electron chi connectivity index (χ4n) is 0.842. The van der Waals surface area contributed by atoms with Gasteiger partial charge in [0.15, 0.2) is 0 Å². The Morgan fingerprint density at radius 2 is 2.17 bits per heavy atom. The predicted molar refractivity (Wildman–Crippen MR) is 43.6 cm³/mol. The summed E-state index contributed by atoms with van der Waals surface area (Å²) in [5, 5.41) is -0.0932. The van der Waals surface area contributed by atoms with E-state index in [2.05, 4.69) is 4.98 Å². The number of hydrogen-bond donors (Lipinski definition) is 0. The van der Waals surface area contributed by atoms with E-state index < -0.39 is 6.43 Å². The van der Waals surface area contributed by atoms with Crippen molar-refractivity contribution < 1.29 is 8.78 Å². The molecule has 0 radical (unpaired) electrons. The number of alkyl halides is 2. The van der Waals surface area contributed by atoms with Crippen LogP contribution in [0, 0.1) is 0 Å². The van der Waals surface area contributed by atoms with E-state index in [1.165, 1.54) is 6.07 Å². The lowest BCUT2D eigenvalue weighted by molar-refractivity contribution is 0.151. The first-order valence-electron chi connectivity index (χ1n) is 3.58. The molecular weight excluding hydrogens is 184 g/mol. The zero-order valence-electron chi connectivity index (χ0n) is 6.52. The predicted octanol–water partition coefficient (Wildman–Crippen LogP) is 3.24. The van der Waals surface area contributed by atoms with E-state index >= 15 is 0 Å². The van der Waals surface area contributed by atoms with E-state index in [-0.39, 0.29) is 10.7 Å². The number of rotatable bonds is 2. The van der Waals surface area contributed by atoms with Crippen LogP contribution in [-0.4, -0.2) is 4.98 Å². The summed E-state index contributed by atoms with van der Waals surface area (Å²) in [5.74, 6) is 0. The minimum Gasteiger partial charge on any atom is -0.241 e. The van der Waals surface area contributed by atoms with Crippen molar-refractivity contribution in [2.45, 2.75) is 19.8 Å². The molecule has 12 heavy (non-hydrogen) atoms. The van der Waals surface area contributed by atoms with Crippen LogP contribution < -0.4 is 0 Å². The summed E-state index contributed by atoms with van der Waals surface area (Å²) in [6.07, 6.45) is -1.85. The lowest BCUT2D eigenvalue weighted by Gasteiger charge is -2.02. The highest BCUT2D eigenvalue weighted by Gasteiger charge is 2.12. The maximum atomic E-state index is 12.1. The Labute approximate surface area is 74.4 Å². The molecule has 1 heterocycles. The Kier molecular flexibility index (Phi) is 2.98. The molecule has 1 aromatic rings. The Morgan fingerprint density at radius 1 is 1.50 bits per heavy atom. The molecule has 0 saturated carbocycles. The highest BCUT2D eigenvalue weighted by molar-refractivity contribution is 6.30. The Bertz CT molecular complexity index is 276. The Hall–Kier alpha value is -0.700. The van der Waals surface area contributed by atoms with Crippen molar-refractivity contribution in [1.82, 2.24) is 4.98 Å². The van der Waals surface area contributed by atoms with Crippen LogP contribution in [0.5, 0.6) is 0 Å². The second-order valence-electron chi connectivity index (χ2n) is 2.34. The summed E-state index contributed by atoms with van der Waals surface area (Å²) in [6.45, 7) is 1.89. The number of pyridine rings is 1. The monoisotopic (exact) mass is 191 g/mol. The molecule has 0 fully saturated rings. The maximum absolute atomic E-state index is 12.1. The average molecular weight is 192 g/mol. The Balaban J connectivity index is 3.03. The number of hydrogen-bond acceptors (Lipinski definition) is 1. The van der Waals surface area contributed by atoms with Gasteiger partial charge in [-0.2, -0.15) is 0 Å². The standard InChI is InChI=1S/C8H8ClF2N/c1-2-5-3-4-6(8(10)11)7(9)12-5/h3-4,8H,2H2,1H3. The van der Waals surface area contributed by atoms with Gasteiger partial charge in [0.05, 0.1) is 5.56 Å². The van der Waals surface area contributed by atoms with Gasteiger partial charge in [-0.1, -0.05) is 18.5 Å². The van der Waals surface area contributed by atoms with Gasteiger partial charge < -0.3 is 0 Å². The van der Waals surface area contributed by atoms with Gasteiger partial charge in [0.25, 0.3) is 6.43 Å². The smallest absolute Gasteiger partial charge is 0.241 e. The fourth-order valence-corrected chi connectivity index (χ4v) is 1.10. The normalized spacial score (nSPS) is 10.8. The molecule has 1 aromatic heterocycles. The van der Waals surface area contributed by atoms with E-state index in [0.29, 0.717) is 6.42 Å². The Morgan fingerprint density at radius 3 is 2.58 bits per heavy atom. The molecule has 0 bridgehead atoms. The second kappa shape index (κ2) is 3.81. The molecular formula is C8H8ClF2N. The van der Waals surface area contributed by atoms with Crippen LogP contribution in [0.15, 0.2) is 12.1 Å². The molecule has 0 amide bonds. The third-order valence-electron chi connectivity index (χ3n) is 1.53.